The largest absolute Gasteiger partial charge is 0.469 e. The third-order valence-electron chi connectivity index (χ3n) is 3.13. The lowest BCUT2D eigenvalue weighted by atomic mass is 9.99. The van der Waals surface area contributed by atoms with Crippen LogP contribution >= 0.6 is 0 Å². The molecule has 1 N–H and O–H groups in total. The zero-order valence-electron chi connectivity index (χ0n) is 11.5. The van der Waals surface area contributed by atoms with Crippen LogP contribution in [0.25, 0.3) is 0 Å². The molecule has 0 aliphatic carbocycles. The maximum atomic E-state index is 12.2. The number of hydrogen-bond donors (Lipinski definition) is 1. The highest BCUT2D eigenvalue weighted by atomic mass is 19.3. The summed E-state index contributed by atoms with van der Waals surface area (Å²) in [6, 6.07) is 0. The van der Waals surface area contributed by atoms with Crippen LogP contribution < -0.4 is 5.32 Å². The van der Waals surface area contributed by atoms with Crippen molar-refractivity contribution in [1.29, 1.82) is 0 Å². The lowest BCUT2D eigenvalue weighted by Gasteiger charge is -2.21. The molecule has 0 radical (unpaired) electrons. The summed E-state index contributed by atoms with van der Waals surface area (Å²) in [5, 5.41) is 2.97. The molecule has 2 atom stereocenters. The summed E-state index contributed by atoms with van der Waals surface area (Å²) < 4.78 is 29.2. The molecule has 1 aliphatic rings. The average Bonchev–Trinajstić information content (AvgIpc) is 2.75. The van der Waals surface area contributed by atoms with E-state index in [0.717, 1.165) is 0 Å². The number of rotatable bonds is 4. The van der Waals surface area contributed by atoms with Crippen LogP contribution in [0, 0.1) is 11.8 Å². The number of alkyl halides is 2. The number of aliphatic imine (C=N–C) groups is 1. The van der Waals surface area contributed by atoms with Gasteiger partial charge in [-0.05, 0) is 12.8 Å². The minimum Gasteiger partial charge on any atom is -0.469 e. The van der Waals surface area contributed by atoms with Crippen LogP contribution in [0.4, 0.5) is 8.78 Å². The topological polar surface area (TPSA) is 53.9 Å². The zero-order valence-corrected chi connectivity index (χ0v) is 11.5. The van der Waals surface area contributed by atoms with Gasteiger partial charge in [0.1, 0.15) is 6.54 Å². The molecular weight excluding hydrogens is 256 g/mol. The summed E-state index contributed by atoms with van der Waals surface area (Å²) in [5.41, 5.74) is 0. The molecule has 2 unspecified atom stereocenters. The number of nitrogens with zero attached hydrogens (tertiary/aromatic N) is 2. The fraction of sp³-hybridized carbons (Fsp3) is 0.833. The van der Waals surface area contributed by atoms with Gasteiger partial charge in [-0.25, -0.2) is 13.8 Å². The third-order valence-corrected chi connectivity index (χ3v) is 3.13. The van der Waals surface area contributed by atoms with Gasteiger partial charge in [-0.15, -0.1) is 0 Å². The van der Waals surface area contributed by atoms with Gasteiger partial charge >= 0.3 is 5.97 Å². The maximum absolute atomic E-state index is 12.2. The Bertz CT molecular complexity index is 337. The van der Waals surface area contributed by atoms with Crippen molar-refractivity contribution in [3.8, 4) is 0 Å². The molecule has 19 heavy (non-hydrogen) atoms. The Morgan fingerprint density at radius 1 is 1.53 bits per heavy atom. The van der Waals surface area contributed by atoms with Gasteiger partial charge in [-0.3, -0.25) is 4.79 Å². The van der Waals surface area contributed by atoms with Gasteiger partial charge in [0.2, 0.25) is 0 Å². The van der Waals surface area contributed by atoms with Crippen molar-refractivity contribution in [3.05, 3.63) is 0 Å². The van der Waals surface area contributed by atoms with Crippen molar-refractivity contribution in [2.45, 2.75) is 20.3 Å². The van der Waals surface area contributed by atoms with Gasteiger partial charge in [-0.1, -0.05) is 6.92 Å². The minimum absolute atomic E-state index is 0.114. The van der Waals surface area contributed by atoms with E-state index < -0.39 is 13.0 Å². The van der Waals surface area contributed by atoms with Crippen molar-refractivity contribution >= 4 is 11.9 Å². The number of halogens is 2. The quantitative estimate of drug-likeness (QED) is 0.472. The maximum Gasteiger partial charge on any atom is 0.310 e. The predicted molar refractivity (Wildman–Crippen MR) is 68.2 cm³/mol. The third kappa shape index (κ3) is 4.33. The van der Waals surface area contributed by atoms with Gasteiger partial charge < -0.3 is 15.0 Å². The number of carbonyl (C=O) groups excluding carboxylic acids is 1. The van der Waals surface area contributed by atoms with Crippen LogP contribution in [0.5, 0.6) is 0 Å². The lowest BCUT2D eigenvalue weighted by Crippen LogP contribution is -2.41. The Kier molecular flexibility index (Phi) is 5.98. The molecule has 0 aromatic carbocycles. The zero-order chi connectivity index (χ0) is 14.4. The van der Waals surface area contributed by atoms with Crippen LogP contribution in [0.1, 0.15) is 13.8 Å². The van der Waals surface area contributed by atoms with Crippen LogP contribution in [-0.2, 0) is 9.53 Å². The Balaban J connectivity index is 2.71. The van der Waals surface area contributed by atoms with Gasteiger partial charge in [-0.2, -0.15) is 0 Å². The van der Waals surface area contributed by atoms with Gasteiger partial charge in [0.15, 0.2) is 5.96 Å². The number of ether oxygens (including phenoxy) is 1. The lowest BCUT2D eigenvalue weighted by molar-refractivity contribution is -0.145. The van der Waals surface area contributed by atoms with E-state index in [4.69, 9.17) is 4.74 Å². The van der Waals surface area contributed by atoms with E-state index in [0.29, 0.717) is 25.6 Å². The summed E-state index contributed by atoms with van der Waals surface area (Å²) in [7, 11) is 1.35. The highest BCUT2D eigenvalue weighted by Crippen LogP contribution is 2.24. The van der Waals surface area contributed by atoms with E-state index in [2.05, 4.69) is 10.3 Å². The summed E-state index contributed by atoms with van der Waals surface area (Å²) in [4.78, 5) is 17.3. The minimum atomic E-state index is -2.47. The second kappa shape index (κ2) is 7.25. The SMILES string of the molecule is CCNC(=NCC(F)F)N1CC(C)C(C(=O)OC)C1. The molecule has 1 fully saturated rings. The van der Waals surface area contributed by atoms with Crippen LogP contribution in [0.3, 0.4) is 0 Å². The van der Waals surface area contributed by atoms with Crippen LogP contribution in [0.15, 0.2) is 4.99 Å². The highest BCUT2D eigenvalue weighted by molar-refractivity contribution is 5.82. The molecule has 0 bridgehead atoms. The number of nitrogens with one attached hydrogen (secondary N) is 1. The van der Waals surface area contributed by atoms with Crippen molar-refractivity contribution in [1.82, 2.24) is 10.2 Å². The van der Waals surface area contributed by atoms with E-state index in [1.165, 1.54) is 7.11 Å². The molecule has 7 heteroatoms. The second-order valence-corrected chi connectivity index (χ2v) is 4.60. The molecule has 0 aromatic heterocycles. The van der Waals surface area contributed by atoms with Gasteiger partial charge in [0.25, 0.3) is 6.43 Å². The molecule has 1 aliphatic heterocycles. The molecule has 0 spiro atoms. The smallest absolute Gasteiger partial charge is 0.310 e. The standard InChI is InChI=1S/C12H21F2N3O2/c1-4-15-12(16-5-10(13)14)17-6-8(2)9(7-17)11(18)19-3/h8-10H,4-7H2,1-3H3,(H,15,16). The molecule has 0 amide bonds. The first-order chi connectivity index (χ1) is 8.99. The monoisotopic (exact) mass is 277 g/mol. The summed E-state index contributed by atoms with van der Waals surface area (Å²) >= 11 is 0. The number of esters is 1. The van der Waals surface area contributed by atoms with Crippen molar-refractivity contribution in [2.24, 2.45) is 16.8 Å². The molecule has 1 rings (SSSR count). The summed E-state index contributed by atoms with van der Waals surface area (Å²) in [6.07, 6.45) is -2.47. The fourth-order valence-electron chi connectivity index (χ4n) is 2.18. The van der Waals surface area contributed by atoms with Crippen molar-refractivity contribution < 1.29 is 18.3 Å². The number of hydrogen-bond acceptors (Lipinski definition) is 3. The fourth-order valence-corrected chi connectivity index (χ4v) is 2.18. The Morgan fingerprint density at radius 3 is 2.74 bits per heavy atom. The molecule has 1 saturated heterocycles. The Labute approximate surface area is 112 Å². The predicted octanol–water partition coefficient (Wildman–Crippen LogP) is 0.958. The van der Waals surface area contributed by atoms with E-state index >= 15 is 0 Å². The molecular formula is C12H21F2N3O2. The summed E-state index contributed by atoms with van der Waals surface area (Å²) in [6.45, 7) is 4.93. The Hall–Kier alpha value is -1.40. The Morgan fingerprint density at radius 2 is 2.21 bits per heavy atom. The first-order valence-corrected chi connectivity index (χ1v) is 6.38. The molecule has 0 saturated carbocycles. The number of likely N-dealkylation sites (tertiary alicyclic amines) is 1. The second-order valence-electron chi connectivity index (χ2n) is 4.60. The van der Waals surface area contributed by atoms with Crippen LogP contribution in [-0.4, -0.2) is 56.5 Å². The molecule has 5 nitrogen and oxygen atoms in total. The highest BCUT2D eigenvalue weighted by Gasteiger charge is 2.36. The summed E-state index contributed by atoms with van der Waals surface area (Å²) in [5.74, 6) is 0.0454. The van der Waals surface area contributed by atoms with Gasteiger partial charge in [0.05, 0.1) is 13.0 Å². The van der Waals surface area contributed by atoms with E-state index in [-0.39, 0.29) is 17.8 Å². The van der Waals surface area contributed by atoms with Crippen LogP contribution in [0.2, 0.25) is 0 Å². The van der Waals surface area contributed by atoms with Crippen molar-refractivity contribution in [2.75, 3.05) is 33.3 Å². The first kappa shape index (κ1) is 15.7. The van der Waals surface area contributed by atoms with Crippen molar-refractivity contribution in [3.63, 3.8) is 0 Å². The first-order valence-electron chi connectivity index (χ1n) is 6.38. The normalized spacial score (nSPS) is 23.9. The van der Waals surface area contributed by atoms with Gasteiger partial charge in [0, 0.05) is 19.6 Å². The van der Waals surface area contributed by atoms with E-state index in [1.807, 2.05) is 18.7 Å². The number of carbonyl (C=O) groups is 1. The molecule has 1 heterocycles. The molecule has 0 aromatic rings. The van der Waals surface area contributed by atoms with E-state index in [9.17, 15) is 13.6 Å². The average molecular weight is 277 g/mol. The number of guanidine groups is 1. The van der Waals surface area contributed by atoms with E-state index in [1.54, 1.807) is 0 Å². The number of methoxy groups -OCH3 is 1. The molecule has 110 valence electrons.